The van der Waals surface area contributed by atoms with Gasteiger partial charge in [-0.25, -0.2) is 10.8 Å². The van der Waals surface area contributed by atoms with Crippen LogP contribution in [0.2, 0.25) is 0 Å². The Morgan fingerprint density at radius 1 is 1.45 bits per heavy atom. The van der Waals surface area contributed by atoms with Gasteiger partial charge in [0.05, 0.1) is 4.92 Å². The summed E-state index contributed by atoms with van der Waals surface area (Å²) in [7, 11) is 0. The Morgan fingerprint density at radius 2 is 2.10 bits per heavy atom. The van der Waals surface area contributed by atoms with Crippen molar-refractivity contribution in [1.82, 2.24) is 9.97 Å². The molecule has 0 unspecified atom stereocenters. The molecule has 110 valence electrons. The first-order valence-electron chi connectivity index (χ1n) is 6.66. The fraction of sp³-hybridized carbons (Fsp3) is 0.667. The lowest BCUT2D eigenvalue weighted by molar-refractivity contribution is -0.384. The van der Waals surface area contributed by atoms with E-state index < -0.39 is 4.92 Å². The Hall–Kier alpha value is -1.96. The van der Waals surface area contributed by atoms with E-state index in [-0.39, 0.29) is 23.5 Å². The molecule has 0 amide bonds. The number of nitrogens with one attached hydrogen (secondary N) is 2. The monoisotopic (exact) mass is 280 g/mol. The van der Waals surface area contributed by atoms with E-state index in [0.717, 1.165) is 31.9 Å². The molecule has 8 heteroatoms. The molecule has 20 heavy (non-hydrogen) atoms. The Morgan fingerprint density at radius 3 is 2.65 bits per heavy atom. The predicted molar refractivity (Wildman–Crippen MR) is 76.2 cm³/mol. The summed E-state index contributed by atoms with van der Waals surface area (Å²) in [6.07, 6.45) is 5.29. The second kappa shape index (κ2) is 5.58. The van der Waals surface area contributed by atoms with Gasteiger partial charge in [0.15, 0.2) is 0 Å². The minimum absolute atomic E-state index is 0.131. The number of hydrazine groups is 1. The first-order chi connectivity index (χ1) is 9.41. The molecule has 1 fully saturated rings. The van der Waals surface area contributed by atoms with Crippen LogP contribution in [0.3, 0.4) is 0 Å². The van der Waals surface area contributed by atoms with Crippen LogP contribution in [-0.2, 0) is 0 Å². The number of anilines is 2. The van der Waals surface area contributed by atoms with Crippen LogP contribution >= 0.6 is 0 Å². The van der Waals surface area contributed by atoms with Gasteiger partial charge in [-0.15, -0.1) is 0 Å². The average molecular weight is 280 g/mol. The first-order valence-corrected chi connectivity index (χ1v) is 6.66. The molecule has 1 aliphatic carbocycles. The topological polar surface area (TPSA) is 119 Å². The Labute approximate surface area is 117 Å². The third kappa shape index (κ3) is 3.32. The van der Waals surface area contributed by atoms with Gasteiger partial charge in [0, 0.05) is 6.04 Å². The molecule has 1 aromatic rings. The van der Waals surface area contributed by atoms with Gasteiger partial charge in [-0.3, -0.25) is 15.5 Å². The molecular formula is C12H20N6O2. The number of nitrogens with zero attached hydrogens (tertiary/aromatic N) is 3. The zero-order valence-electron chi connectivity index (χ0n) is 11.7. The summed E-state index contributed by atoms with van der Waals surface area (Å²) in [5.74, 6) is 5.63. The molecule has 1 aliphatic rings. The number of hydrogen-bond donors (Lipinski definition) is 3. The van der Waals surface area contributed by atoms with Crippen molar-refractivity contribution in [2.75, 3.05) is 10.7 Å². The molecule has 0 saturated heterocycles. The van der Waals surface area contributed by atoms with Crippen LogP contribution in [0.4, 0.5) is 17.5 Å². The van der Waals surface area contributed by atoms with Crippen LogP contribution in [0.5, 0.6) is 0 Å². The molecule has 1 aromatic heterocycles. The van der Waals surface area contributed by atoms with Crippen molar-refractivity contribution in [1.29, 1.82) is 0 Å². The molecule has 0 spiro atoms. The molecule has 0 atom stereocenters. The van der Waals surface area contributed by atoms with Gasteiger partial charge in [-0.1, -0.05) is 13.8 Å². The smallest absolute Gasteiger partial charge is 0.329 e. The van der Waals surface area contributed by atoms with Gasteiger partial charge in [0.2, 0.25) is 11.8 Å². The maximum Gasteiger partial charge on any atom is 0.329 e. The summed E-state index contributed by atoms with van der Waals surface area (Å²) in [4.78, 5) is 18.3. The Balaban J connectivity index is 2.14. The van der Waals surface area contributed by atoms with Gasteiger partial charge in [-0.05, 0) is 31.1 Å². The number of aromatic nitrogens is 2. The third-order valence-corrected chi connectivity index (χ3v) is 3.78. The standard InChI is InChI=1S/C12H20N6O2/c1-12(2)5-3-8(4-6-12)15-10-9(18(19)20)7-14-11(16-10)17-13/h7-8H,3-6,13H2,1-2H3,(H2,14,15,16,17). The lowest BCUT2D eigenvalue weighted by atomic mass is 9.75. The van der Waals surface area contributed by atoms with Crippen molar-refractivity contribution in [3.63, 3.8) is 0 Å². The van der Waals surface area contributed by atoms with Crippen molar-refractivity contribution in [3.05, 3.63) is 16.3 Å². The van der Waals surface area contributed by atoms with Crippen LogP contribution in [0.15, 0.2) is 6.20 Å². The molecular weight excluding hydrogens is 260 g/mol. The Kier molecular flexibility index (Phi) is 4.03. The number of rotatable bonds is 4. The fourth-order valence-electron chi connectivity index (χ4n) is 2.42. The summed E-state index contributed by atoms with van der Waals surface area (Å²) >= 11 is 0. The van der Waals surface area contributed by atoms with Crippen LogP contribution in [0, 0.1) is 15.5 Å². The van der Waals surface area contributed by atoms with E-state index in [1.54, 1.807) is 0 Å². The van der Waals surface area contributed by atoms with Gasteiger partial charge >= 0.3 is 5.69 Å². The minimum Gasteiger partial charge on any atom is -0.361 e. The summed E-state index contributed by atoms with van der Waals surface area (Å²) in [5, 5.41) is 14.2. The van der Waals surface area contributed by atoms with Crippen LogP contribution in [0.25, 0.3) is 0 Å². The zero-order valence-corrected chi connectivity index (χ0v) is 11.7. The van der Waals surface area contributed by atoms with E-state index in [0.29, 0.717) is 5.41 Å². The minimum atomic E-state index is -0.491. The van der Waals surface area contributed by atoms with Crippen molar-refractivity contribution in [2.45, 2.75) is 45.6 Å². The second-order valence-corrected chi connectivity index (χ2v) is 5.91. The zero-order chi connectivity index (χ0) is 14.8. The average Bonchev–Trinajstić information content (AvgIpc) is 2.40. The molecule has 0 aromatic carbocycles. The van der Waals surface area contributed by atoms with Crippen molar-refractivity contribution in [3.8, 4) is 0 Å². The van der Waals surface area contributed by atoms with E-state index in [2.05, 4.69) is 34.6 Å². The number of hydrogen-bond acceptors (Lipinski definition) is 7. The first kappa shape index (κ1) is 14.4. The lowest BCUT2D eigenvalue weighted by Crippen LogP contribution is -2.30. The van der Waals surface area contributed by atoms with Crippen LogP contribution < -0.4 is 16.6 Å². The summed E-state index contributed by atoms with van der Waals surface area (Å²) in [6.45, 7) is 4.49. The van der Waals surface area contributed by atoms with Crippen molar-refractivity contribution in [2.24, 2.45) is 11.3 Å². The van der Waals surface area contributed by atoms with E-state index in [1.807, 2.05) is 0 Å². The normalized spacial score (nSPS) is 18.6. The summed E-state index contributed by atoms with van der Waals surface area (Å²) < 4.78 is 0. The highest BCUT2D eigenvalue weighted by Crippen LogP contribution is 2.36. The van der Waals surface area contributed by atoms with Gasteiger partial charge in [-0.2, -0.15) is 4.98 Å². The highest BCUT2D eigenvalue weighted by atomic mass is 16.6. The van der Waals surface area contributed by atoms with E-state index in [4.69, 9.17) is 5.84 Å². The molecule has 8 nitrogen and oxygen atoms in total. The quantitative estimate of drug-likeness (QED) is 0.438. The lowest BCUT2D eigenvalue weighted by Gasteiger charge is -2.34. The third-order valence-electron chi connectivity index (χ3n) is 3.78. The molecule has 0 bridgehead atoms. The highest BCUT2D eigenvalue weighted by molar-refractivity contribution is 5.57. The van der Waals surface area contributed by atoms with E-state index in [9.17, 15) is 10.1 Å². The summed E-state index contributed by atoms with van der Waals surface area (Å²) in [6, 6.07) is 0.197. The van der Waals surface area contributed by atoms with Crippen LogP contribution in [-0.4, -0.2) is 20.9 Å². The number of nitrogens with two attached hydrogens (primary N) is 1. The van der Waals surface area contributed by atoms with Gasteiger partial charge in [0.1, 0.15) is 6.20 Å². The number of nitrogen functional groups attached to an aromatic ring is 1. The second-order valence-electron chi connectivity index (χ2n) is 5.91. The van der Waals surface area contributed by atoms with Gasteiger partial charge in [0.25, 0.3) is 0 Å². The largest absolute Gasteiger partial charge is 0.361 e. The van der Waals surface area contributed by atoms with E-state index in [1.165, 1.54) is 0 Å². The summed E-state index contributed by atoms with van der Waals surface area (Å²) in [5.41, 5.74) is 2.52. The maximum atomic E-state index is 11.0. The number of nitro groups is 1. The molecule has 1 saturated carbocycles. The van der Waals surface area contributed by atoms with Crippen molar-refractivity contribution < 1.29 is 4.92 Å². The molecule has 1 heterocycles. The SMILES string of the molecule is CC1(C)CCC(Nc2nc(NN)ncc2[N+](=O)[O-])CC1. The van der Waals surface area contributed by atoms with Gasteiger partial charge < -0.3 is 5.32 Å². The maximum absolute atomic E-state index is 11.0. The Bertz CT molecular complexity index is 495. The highest BCUT2D eigenvalue weighted by Gasteiger charge is 2.28. The van der Waals surface area contributed by atoms with Crippen LogP contribution in [0.1, 0.15) is 39.5 Å². The molecule has 0 aliphatic heterocycles. The van der Waals surface area contributed by atoms with E-state index >= 15 is 0 Å². The fourth-order valence-corrected chi connectivity index (χ4v) is 2.42. The molecule has 2 rings (SSSR count). The molecule has 0 radical (unpaired) electrons. The molecule has 4 N–H and O–H groups in total. The predicted octanol–water partition coefficient (Wildman–Crippen LogP) is 2.05. The van der Waals surface area contributed by atoms with Crippen molar-refractivity contribution >= 4 is 17.5 Å².